The van der Waals surface area contributed by atoms with Gasteiger partial charge in [0.15, 0.2) is 0 Å². The van der Waals surface area contributed by atoms with Crippen molar-refractivity contribution in [1.29, 1.82) is 0 Å². The zero-order valence-corrected chi connectivity index (χ0v) is 12.5. The molecule has 1 N–H and O–H groups in total. The predicted octanol–water partition coefficient (Wildman–Crippen LogP) is 2.12. The van der Waals surface area contributed by atoms with Crippen LogP contribution in [0.1, 0.15) is 35.2 Å². The van der Waals surface area contributed by atoms with Gasteiger partial charge in [0.2, 0.25) is 0 Å². The number of likely N-dealkylation sites (N-methyl/N-ethyl adjacent to an activating group) is 1. The van der Waals surface area contributed by atoms with Crippen molar-refractivity contribution < 1.29 is 9.72 Å². The first-order chi connectivity index (χ1) is 9.99. The van der Waals surface area contributed by atoms with Crippen LogP contribution in [0.25, 0.3) is 0 Å². The molecular formula is C15H21N3O3. The van der Waals surface area contributed by atoms with Gasteiger partial charge in [0, 0.05) is 36.8 Å². The first-order valence-corrected chi connectivity index (χ1v) is 7.23. The summed E-state index contributed by atoms with van der Waals surface area (Å²) in [6.45, 7) is 3.32. The summed E-state index contributed by atoms with van der Waals surface area (Å²) in [7, 11) is 1.77. The number of carbonyl (C=O) groups is 1. The lowest BCUT2D eigenvalue weighted by molar-refractivity contribution is -0.385. The molecule has 21 heavy (non-hydrogen) atoms. The van der Waals surface area contributed by atoms with Gasteiger partial charge in [-0.2, -0.15) is 0 Å². The van der Waals surface area contributed by atoms with E-state index in [4.69, 9.17) is 0 Å². The molecule has 0 spiro atoms. The number of nitro groups is 1. The summed E-state index contributed by atoms with van der Waals surface area (Å²) in [5.74, 6) is -0.0969. The zero-order valence-electron chi connectivity index (χ0n) is 12.5. The van der Waals surface area contributed by atoms with E-state index in [1.165, 1.54) is 25.0 Å². The third kappa shape index (κ3) is 3.78. The molecule has 0 saturated carbocycles. The van der Waals surface area contributed by atoms with Gasteiger partial charge < -0.3 is 10.2 Å². The average Bonchev–Trinajstić information content (AvgIpc) is 2.47. The lowest BCUT2D eigenvalue weighted by atomic mass is 10.0. The van der Waals surface area contributed by atoms with Crippen molar-refractivity contribution in [2.24, 2.45) is 0 Å². The molecule has 0 aromatic heterocycles. The maximum absolute atomic E-state index is 12.4. The number of aryl methyl sites for hydroxylation is 1. The normalized spacial score (nSPS) is 18.3. The number of hydrogen-bond acceptors (Lipinski definition) is 4. The number of rotatable bonds is 4. The number of nitrogens with one attached hydrogen (secondary N) is 1. The Morgan fingerprint density at radius 2 is 2.24 bits per heavy atom. The van der Waals surface area contributed by atoms with Crippen LogP contribution in [-0.4, -0.2) is 41.9 Å². The maximum atomic E-state index is 12.4. The summed E-state index contributed by atoms with van der Waals surface area (Å²) in [5, 5.41) is 14.2. The largest absolute Gasteiger partial charge is 0.340 e. The lowest BCUT2D eigenvalue weighted by Crippen LogP contribution is -2.44. The highest BCUT2D eigenvalue weighted by molar-refractivity contribution is 5.94. The molecule has 1 atom stereocenters. The second kappa shape index (κ2) is 6.67. The Hall–Kier alpha value is -1.95. The van der Waals surface area contributed by atoms with Gasteiger partial charge in [-0.1, -0.05) is 6.42 Å². The standard InChI is InChI=1S/C15H21N3O3/c1-11-9-12(6-7-14(11)18(20)21)15(19)17(2)10-13-5-3-4-8-16-13/h6-7,9,13,16H,3-5,8,10H2,1-2H3. The van der Waals surface area contributed by atoms with Crippen molar-refractivity contribution in [2.75, 3.05) is 20.1 Å². The summed E-state index contributed by atoms with van der Waals surface area (Å²) in [5.41, 5.74) is 1.05. The van der Waals surface area contributed by atoms with Crippen LogP contribution < -0.4 is 5.32 Å². The van der Waals surface area contributed by atoms with Gasteiger partial charge in [-0.05, 0) is 38.4 Å². The fraction of sp³-hybridized carbons (Fsp3) is 0.533. The fourth-order valence-corrected chi connectivity index (χ4v) is 2.71. The van der Waals surface area contributed by atoms with Gasteiger partial charge in [0.25, 0.3) is 11.6 Å². The van der Waals surface area contributed by atoms with E-state index in [0.29, 0.717) is 23.7 Å². The van der Waals surface area contributed by atoms with E-state index in [-0.39, 0.29) is 11.6 Å². The molecule has 1 aliphatic rings. The van der Waals surface area contributed by atoms with Crippen molar-refractivity contribution in [1.82, 2.24) is 10.2 Å². The first-order valence-electron chi connectivity index (χ1n) is 7.23. The molecule has 0 radical (unpaired) electrons. The fourth-order valence-electron chi connectivity index (χ4n) is 2.71. The van der Waals surface area contributed by atoms with Crippen molar-refractivity contribution in [3.05, 3.63) is 39.4 Å². The molecule has 1 heterocycles. The molecule has 6 nitrogen and oxygen atoms in total. The number of hydrogen-bond donors (Lipinski definition) is 1. The minimum atomic E-state index is -0.431. The molecule has 1 amide bonds. The summed E-state index contributed by atoms with van der Waals surface area (Å²) in [6.07, 6.45) is 3.46. The number of nitrogens with zero attached hydrogens (tertiary/aromatic N) is 2. The van der Waals surface area contributed by atoms with Crippen LogP contribution >= 0.6 is 0 Å². The van der Waals surface area contributed by atoms with Gasteiger partial charge >= 0.3 is 0 Å². The molecule has 1 aliphatic heterocycles. The summed E-state index contributed by atoms with van der Waals surface area (Å²) in [6, 6.07) is 4.85. The van der Waals surface area contributed by atoms with Crippen LogP contribution in [0.5, 0.6) is 0 Å². The summed E-state index contributed by atoms with van der Waals surface area (Å²) >= 11 is 0. The van der Waals surface area contributed by atoms with Crippen LogP contribution in [0.15, 0.2) is 18.2 Å². The Kier molecular flexibility index (Phi) is 4.90. The third-order valence-electron chi connectivity index (χ3n) is 3.89. The molecule has 1 saturated heterocycles. The van der Waals surface area contributed by atoms with E-state index in [1.54, 1.807) is 24.9 Å². The second-order valence-electron chi connectivity index (χ2n) is 5.59. The summed E-state index contributed by atoms with van der Waals surface area (Å²) in [4.78, 5) is 24.4. The van der Waals surface area contributed by atoms with E-state index < -0.39 is 4.92 Å². The van der Waals surface area contributed by atoms with Crippen LogP contribution in [-0.2, 0) is 0 Å². The predicted molar refractivity (Wildman–Crippen MR) is 80.4 cm³/mol. The average molecular weight is 291 g/mol. The highest BCUT2D eigenvalue weighted by atomic mass is 16.6. The second-order valence-corrected chi connectivity index (χ2v) is 5.59. The zero-order chi connectivity index (χ0) is 15.4. The molecular weight excluding hydrogens is 270 g/mol. The van der Waals surface area contributed by atoms with Crippen LogP contribution in [0.2, 0.25) is 0 Å². The van der Waals surface area contributed by atoms with E-state index >= 15 is 0 Å². The minimum Gasteiger partial charge on any atom is -0.340 e. The molecule has 1 aromatic carbocycles. The Morgan fingerprint density at radius 3 is 2.81 bits per heavy atom. The molecule has 0 bridgehead atoms. The quantitative estimate of drug-likeness (QED) is 0.681. The van der Waals surface area contributed by atoms with E-state index in [9.17, 15) is 14.9 Å². The van der Waals surface area contributed by atoms with Crippen LogP contribution in [0.4, 0.5) is 5.69 Å². The van der Waals surface area contributed by atoms with Gasteiger partial charge in [-0.25, -0.2) is 0 Å². The van der Waals surface area contributed by atoms with Crippen molar-refractivity contribution in [2.45, 2.75) is 32.2 Å². The Bertz CT molecular complexity index is 539. The Morgan fingerprint density at radius 1 is 1.48 bits per heavy atom. The molecule has 2 rings (SSSR count). The van der Waals surface area contributed by atoms with Gasteiger partial charge in [-0.15, -0.1) is 0 Å². The smallest absolute Gasteiger partial charge is 0.272 e. The molecule has 1 unspecified atom stereocenters. The van der Waals surface area contributed by atoms with E-state index in [0.717, 1.165) is 13.0 Å². The molecule has 0 aliphatic carbocycles. The highest BCUT2D eigenvalue weighted by Gasteiger charge is 2.20. The molecule has 1 aromatic rings. The number of carbonyl (C=O) groups excluding carboxylic acids is 1. The summed E-state index contributed by atoms with van der Waals surface area (Å²) < 4.78 is 0. The number of nitro benzene ring substituents is 1. The lowest BCUT2D eigenvalue weighted by Gasteiger charge is -2.28. The first kappa shape index (κ1) is 15.4. The van der Waals surface area contributed by atoms with Gasteiger partial charge in [0.05, 0.1) is 4.92 Å². The monoisotopic (exact) mass is 291 g/mol. The maximum Gasteiger partial charge on any atom is 0.272 e. The van der Waals surface area contributed by atoms with E-state index in [1.807, 2.05) is 0 Å². The topological polar surface area (TPSA) is 75.5 Å². The highest BCUT2D eigenvalue weighted by Crippen LogP contribution is 2.19. The third-order valence-corrected chi connectivity index (χ3v) is 3.89. The van der Waals surface area contributed by atoms with E-state index in [2.05, 4.69) is 5.32 Å². The Labute approximate surface area is 124 Å². The SMILES string of the molecule is Cc1cc(C(=O)N(C)CC2CCCCN2)ccc1[N+](=O)[O-]. The number of piperidine rings is 1. The van der Waals surface area contributed by atoms with Gasteiger partial charge in [0.1, 0.15) is 0 Å². The van der Waals surface area contributed by atoms with Crippen molar-refractivity contribution >= 4 is 11.6 Å². The van der Waals surface area contributed by atoms with Crippen molar-refractivity contribution in [3.63, 3.8) is 0 Å². The molecule has 114 valence electrons. The van der Waals surface area contributed by atoms with Crippen molar-refractivity contribution in [3.8, 4) is 0 Å². The minimum absolute atomic E-state index is 0.0446. The van der Waals surface area contributed by atoms with Crippen LogP contribution in [0, 0.1) is 17.0 Å². The number of amides is 1. The number of benzene rings is 1. The van der Waals surface area contributed by atoms with Gasteiger partial charge in [-0.3, -0.25) is 14.9 Å². The Balaban J connectivity index is 2.04. The van der Waals surface area contributed by atoms with Crippen LogP contribution in [0.3, 0.4) is 0 Å². The molecule has 1 fully saturated rings. The molecule has 6 heteroatoms.